The Kier molecular flexibility index (Phi) is 6.19. The number of hydrogen-bond acceptors (Lipinski definition) is 3. The Balaban J connectivity index is 1.83. The van der Waals surface area contributed by atoms with Gasteiger partial charge in [-0.2, -0.15) is 0 Å². The quantitative estimate of drug-likeness (QED) is 0.908. The normalized spacial score (nSPS) is 17.2. The van der Waals surface area contributed by atoms with Gasteiger partial charge < -0.3 is 15.0 Å². The molecule has 1 saturated heterocycles. The van der Waals surface area contributed by atoms with Gasteiger partial charge in [0.2, 0.25) is 0 Å². The van der Waals surface area contributed by atoms with Gasteiger partial charge >= 0.3 is 0 Å². The van der Waals surface area contributed by atoms with Gasteiger partial charge in [-0.3, -0.25) is 4.79 Å². The van der Waals surface area contributed by atoms with Crippen LogP contribution in [0.1, 0.15) is 49.5 Å². The number of benzene rings is 1. The number of amides is 1. The second-order valence-corrected chi connectivity index (χ2v) is 7.41. The van der Waals surface area contributed by atoms with Crippen LogP contribution in [0, 0.1) is 0 Å². The molecule has 128 valence electrons. The van der Waals surface area contributed by atoms with E-state index < -0.39 is 0 Å². The fourth-order valence-corrected chi connectivity index (χ4v) is 2.91. The molecule has 23 heavy (non-hydrogen) atoms. The summed E-state index contributed by atoms with van der Waals surface area (Å²) in [6.07, 6.45) is 2.02. The third-order valence-corrected chi connectivity index (χ3v) is 4.55. The van der Waals surface area contributed by atoms with Gasteiger partial charge in [0.25, 0.3) is 5.91 Å². The molecule has 4 nitrogen and oxygen atoms in total. The van der Waals surface area contributed by atoms with Crippen LogP contribution in [-0.2, 0) is 10.2 Å². The summed E-state index contributed by atoms with van der Waals surface area (Å²) in [4.78, 5) is 14.8. The van der Waals surface area contributed by atoms with Crippen molar-refractivity contribution in [3.8, 4) is 0 Å². The summed E-state index contributed by atoms with van der Waals surface area (Å²) in [6.45, 7) is 10.3. The minimum Gasteiger partial charge on any atom is -0.383 e. The molecule has 4 heteroatoms. The molecular formula is C19H30N2O2. The van der Waals surface area contributed by atoms with Crippen LogP contribution in [0.15, 0.2) is 24.3 Å². The lowest BCUT2D eigenvalue weighted by Gasteiger charge is -2.32. The average Bonchev–Trinajstić information content (AvgIpc) is 2.53. The van der Waals surface area contributed by atoms with Crippen molar-refractivity contribution in [1.82, 2.24) is 10.2 Å². The zero-order valence-electron chi connectivity index (χ0n) is 14.9. The van der Waals surface area contributed by atoms with Crippen LogP contribution in [0.25, 0.3) is 0 Å². The van der Waals surface area contributed by atoms with Crippen molar-refractivity contribution in [2.24, 2.45) is 0 Å². The number of likely N-dealkylation sites (tertiary alicyclic amines) is 1. The maximum Gasteiger partial charge on any atom is 0.251 e. The van der Waals surface area contributed by atoms with Crippen molar-refractivity contribution in [3.63, 3.8) is 0 Å². The van der Waals surface area contributed by atoms with Gasteiger partial charge in [0, 0.05) is 38.3 Å². The molecule has 0 saturated carbocycles. The van der Waals surface area contributed by atoms with E-state index in [1.165, 1.54) is 5.56 Å². The highest BCUT2D eigenvalue weighted by Gasteiger charge is 2.21. The Labute approximate surface area is 140 Å². The van der Waals surface area contributed by atoms with Crippen molar-refractivity contribution in [2.45, 2.75) is 45.1 Å². The van der Waals surface area contributed by atoms with Crippen LogP contribution in [0.2, 0.25) is 0 Å². The summed E-state index contributed by atoms with van der Waals surface area (Å²) in [5.41, 5.74) is 2.12. The highest BCUT2D eigenvalue weighted by Crippen LogP contribution is 2.22. The molecule has 1 fully saturated rings. The molecule has 1 aliphatic rings. The van der Waals surface area contributed by atoms with E-state index in [-0.39, 0.29) is 17.4 Å². The van der Waals surface area contributed by atoms with E-state index in [0.717, 1.165) is 44.6 Å². The Morgan fingerprint density at radius 3 is 2.35 bits per heavy atom. The standard InChI is InChI=1S/C19H30N2O2/c1-19(2,3)16-7-5-15(6-8-16)18(22)20-17-9-11-21(12-10-17)13-14-23-4/h5-8,17H,9-14H2,1-4H3,(H,20,22). The number of methoxy groups -OCH3 is 1. The lowest BCUT2D eigenvalue weighted by Crippen LogP contribution is -2.45. The van der Waals surface area contributed by atoms with Crippen LogP contribution in [-0.4, -0.2) is 50.2 Å². The van der Waals surface area contributed by atoms with E-state index in [4.69, 9.17) is 4.74 Å². The number of piperidine rings is 1. The number of carbonyl (C=O) groups is 1. The summed E-state index contributed by atoms with van der Waals surface area (Å²) >= 11 is 0. The smallest absolute Gasteiger partial charge is 0.251 e. The summed E-state index contributed by atoms with van der Waals surface area (Å²) in [6, 6.07) is 8.27. The van der Waals surface area contributed by atoms with E-state index in [1.54, 1.807) is 7.11 Å². The fraction of sp³-hybridized carbons (Fsp3) is 0.632. The molecule has 0 bridgehead atoms. The molecule has 0 aromatic heterocycles. The first-order valence-corrected chi connectivity index (χ1v) is 8.53. The summed E-state index contributed by atoms with van der Waals surface area (Å²) in [7, 11) is 1.73. The van der Waals surface area contributed by atoms with Crippen molar-refractivity contribution in [2.75, 3.05) is 33.4 Å². The largest absolute Gasteiger partial charge is 0.383 e. The molecule has 0 unspecified atom stereocenters. The molecule has 1 N–H and O–H groups in total. The van der Waals surface area contributed by atoms with Gasteiger partial charge in [0.05, 0.1) is 6.61 Å². The lowest BCUT2D eigenvalue weighted by molar-refractivity contribution is 0.0892. The highest BCUT2D eigenvalue weighted by atomic mass is 16.5. The second kappa shape index (κ2) is 7.93. The number of hydrogen-bond donors (Lipinski definition) is 1. The van der Waals surface area contributed by atoms with E-state index in [0.29, 0.717) is 0 Å². The fourth-order valence-electron chi connectivity index (χ4n) is 2.91. The topological polar surface area (TPSA) is 41.6 Å². The van der Waals surface area contributed by atoms with Gasteiger partial charge in [0.1, 0.15) is 0 Å². The molecule has 0 aliphatic carbocycles. The predicted octanol–water partition coefficient (Wildman–Crippen LogP) is 2.82. The van der Waals surface area contributed by atoms with E-state index in [1.807, 2.05) is 12.1 Å². The molecule has 1 aliphatic heterocycles. The third-order valence-electron chi connectivity index (χ3n) is 4.55. The summed E-state index contributed by atoms with van der Waals surface area (Å²) < 4.78 is 5.12. The molecule has 2 rings (SSSR count). The summed E-state index contributed by atoms with van der Waals surface area (Å²) in [5.74, 6) is 0.0424. The van der Waals surface area contributed by atoms with Crippen molar-refractivity contribution in [1.29, 1.82) is 0 Å². The van der Waals surface area contributed by atoms with Gasteiger partial charge in [-0.05, 0) is 36.0 Å². The molecule has 0 spiro atoms. The maximum absolute atomic E-state index is 12.4. The summed E-state index contributed by atoms with van der Waals surface area (Å²) in [5, 5.41) is 3.17. The van der Waals surface area contributed by atoms with Crippen LogP contribution >= 0.6 is 0 Å². The monoisotopic (exact) mass is 318 g/mol. The minimum absolute atomic E-state index is 0.0424. The number of carbonyl (C=O) groups excluding carboxylic acids is 1. The SMILES string of the molecule is COCCN1CCC(NC(=O)c2ccc(C(C)(C)C)cc2)CC1. The minimum atomic E-state index is 0.0424. The van der Waals surface area contributed by atoms with E-state index in [2.05, 4.69) is 43.1 Å². The van der Waals surface area contributed by atoms with Crippen LogP contribution < -0.4 is 5.32 Å². The Morgan fingerprint density at radius 1 is 1.22 bits per heavy atom. The molecule has 1 aromatic carbocycles. The van der Waals surface area contributed by atoms with Gasteiger partial charge in [-0.15, -0.1) is 0 Å². The molecule has 0 radical (unpaired) electrons. The average molecular weight is 318 g/mol. The Bertz CT molecular complexity index is 497. The van der Waals surface area contributed by atoms with Gasteiger partial charge in [-0.1, -0.05) is 32.9 Å². The third kappa shape index (κ3) is 5.33. The zero-order chi connectivity index (χ0) is 16.9. The predicted molar refractivity (Wildman–Crippen MR) is 93.9 cm³/mol. The van der Waals surface area contributed by atoms with E-state index >= 15 is 0 Å². The zero-order valence-corrected chi connectivity index (χ0v) is 14.9. The molecule has 1 amide bonds. The van der Waals surface area contributed by atoms with Gasteiger partial charge in [-0.25, -0.2) is 0 Å². The Morgan fingerprint density at radius 2 is 1.83 bits per heavy atom. The van der Waals surface area contributed by atoms with Crippen LogP contribution in [0.3, 0.4) is 0 Å². The number of nitrogens with zero attached hydrogens (tertiary/aromatic N) is 1. The van der Waals surface area contributed by atoms with Crippen LogP contribution in [0.5, 0.6) is 0 Å². The number of rotatable bonds is 5. The first-order chi connectivity index (χ1) is 10.9. The van der Waals surface area contributed by atoms with Crippen LogP contribution in [0.4, 0.5) is 0 Å². The van der Waals surface area contributed by atoms with Crippen molar-refractivity contribution in [3.05, 3.63) is 35.4 Å². The number of ether oxygens (including phenoxy) is 1. The second-order valence-electron chi connectivity index (χ2n) is 7.41. The first kappa shape index (κ1) is 18.0. The first-order valence-electron chi connectivity index (χ1n) is 8.53. The van der Waals surface area contributed by atoms with Gasteiger partial charge in [0.15, 0.2) is 0 Å². The maximum atomic E-state index is 12.4. The molecule has 1 aromatic rings. The lowest BCUT2D eigenvalue weighted by atomic mass is 9.86. The molecule has 0 atom stereocenters. The molecular weight excluding hydrogens is 288 g/mol. The Hall–Kier alpha value is -1.39. The van der Waals surface area contributed by atoms with E-state index in [9.17, 15) is 4.79 Å². The number of nitrogens with one attached hydrogen (secondary N) is 1. The molecule has 1 heterocycles. The van der Waals surface area contributed by atoms with Crippen molar-refractivity contribution < 1.29 is 9.53 Å². The highest BCUT2D eigenvalue weighted by molar-refractivity contribution is 5.94. The van der Waals surface area contributed by atoms with Crippen molar-refractivity contribution >= 4 is 5.91 Å².